The van der Waals surface area contributed by atoms with Crippen LogP contribution in [0.1, 0.15) is 28.1 Å². The Morgan fingerprint density at radius 3 is 2.41 bits per heavy atom. The topological polar surface area (TPSA) is 30.7 Å². The number of hydrogen-bond acceptors (Lipinski definition) is 2. The van der Waals surface area contributed by atoms with E-state index in [0.717, 1.165) is 28.3 Å². The number of halogens is 1. The first kappa shape index (κ1) is 12.1. The molecule has 0 amide bonds. The molecule has 2 heterocycles. The highest BCUT2D eigenvalue weighted by Crippen LogP contribution is 2.19. The number of hydrogen-bond donors (Lipinski definition) is 0. The molecule has 2 aromatic rings. The van der Waals surface area contributed by atoms with Crippen molar-refractivity contribution in [1.82, 2.24) is 14.8 Å². The van der Waals surface area contributed by atoms with Gasteiger partial charge in [-0.3, -0.25) is 0 Å². The van der Waals surface area contributed by atoms with Crippen LogP contribution < -0.4 is 0 Å². The molecule has 17 heavy (non-hydrogen) atoms. The van der Waals surface area contributed by atoms with Crippen molar-refractivity contribution >= 4 is 11.6 Å². The summed E-state index contributed by atoms with van der Waals surface area (Å²) in [6.45, 7) is 8.19. The normalized spacial score (nSPS) is 10.9. The second-order valence-corrected chi connectivity index (χ2v) is 4.59. The highest BCUT2D eigenvalue weighted by atomic mass is 35.5. The molecular formula is C13H16ClN3. The number of aromatic nitrogens is 3. The lowest BCUT2D eigenvalue weighted by Crippen LogP contribution is -2.05. The Balaban J connectivity index is 2.57. The predicted molar refractivity (Wildman–Crippen MR) is 69.9 cm³/mol. The van der Waals surface area contributed by atoms with Gasteiger partial charge >= 0.3 is 0 Å². The van der Waals surface area contributed by atoms with Crippen molar-refractivity contribution in [2.45, 2.75) is 33.6 Å². The van der Waals surface area contributed by atoms with Gasteiger partial charge in [-0.05, 0) is 50.5 Å². The molecule has 2 rings (SSSR count). The van der Waals surface area contributed by atoms with E-state index in [4.69, 9.17) is 11.6 Å². The third-order valence-corrected chi connectivity index (χ3v) is 3.42. The zero-order chi connectivity index (χ0) is 12.6. The average Bonchev–Trinajstić information content (AvgIpc) is 2.57. The minimum atomic E-state index is 0.490. The second kappa shape index (κ2) is 4.49. The summed E-state index contributed by atoms with van der Waals surface area (Å²) in [6, 6.07) is 2.06. The average molecular weight is 250 g/mol. The standard InChI is InChI=1S/C13H16ClN3/c1-8-5-12(6-14)7-15-13(8)17-11(4)9(2)10(3)16-17/h5,7H,6H2,1-4H3. The summed E-state index contributed by atoms with van der Waals surface area (Å²) < 4.78 is 1.90. The van der Waals surface area contributed by atoms with E-state index in [2.05, 4.69) is 30.0 Å². The smallest absolute Gasteiger partial charge is 0.156 e. The maximum absolute atomic E-state index is 5.80. The Morgan fingerprint density at radius 2 is 1.94 bits per heavy atom. The van der Waals surface area contributed by atoms with Crippen LogP contribution >= 0.6 is 11.6 Å². The van der Waals surface area contributed by atoms with Gasteiger partial charge in [0.15, 0.2) is 5.82 Å². The fourth-order valence-electron chi connectivity index (χ4n) is 1.85. The molecule has 4 heteroatoms. The monoisotopic (exact) mass is 249 g/mol. The van der Waals surface area contributed by atoms with E-state index in [1.807, 2.05) is 18.5 Å². The molecule has 0 aliphatic rings. The van der Waals surface area contributed by atoms with E-state index in [1.165, 1.54) is 5.56 Å². The van der Waals surface area contributed by atoms with Crippen molar-refractivity contribution in [1.29, 1.82) is 0 Å². The van der Waals surface area contributed by atoms with Gasteiger partial charge in [-0.2, -0.15) is 5.10 Å². The van der Waals surface area contributed by atoms with Gasteiger partial charge in [0.1, 0.15) is 0 Å². The maximum atomic E-state index is 5.80. The summed E-state index contributed by atoms with van der Waals surface area (Å²) in [5.74, 6) is 1.37. The summed E-state index contributed by atoms with van der Waals surface area (Å²) in [6.07, 6.45) is 1.81. The SMILES string of the molecule is Cc1cc(CCl)cnc1-n1nc(C)c(C)c1C. The van der Waals surface area contributed by atoms with E-state index >= 15 is 0 Å². The Labute approximate surface area is 106 Å². The van der Waals surface area contributed by atoms with Gasteiger partial charge < -0.3 is 0 Å². The molecule has 3 nitrogen and oxygen atoms in total. The van der Waals surface area contributed by atoms with Crippen molar-refractivity contribution in [3.63, 3.8) is 0 Å². The zero-order valence-corrected chi connectivity index (χ0v) is 11.3. The lowest BCUT2D eigenvalue weighted by Gasteiger charge is -2.08. The van der Waals surface area contributed by atoms with E-state index in [9.17, 15) is 0 Å². The van der Waals surface area contributed by atoms with Gasteiger partial charge in [0.05, 0.1) is 5.69 Å². The molecule has 0 saturated carbocycles. The van der Waals surface area contributed by atoms with Crippen LogP contribution in [0.2, 0.25) is 0 Å². The Morgan fingerprint density at radius 1 is 1.24 bits per heavy atom. The molecule has 0 aliphatic carbocycles. The van der Waals surface area contributed by atoms with Crippen molar-refractivity contribution in [2.75, 3.05) is 0 Å². The van der Waals surface area contributed by atoms with Gasteiger partial charge in [-0.25, -0.2) is 9.67 Å². The summed E-state index contributed by atoms with van der Waals surface area (Å²) in [7, 11) is 0. The summed E-state index contributed by atoms with van der Waals surface area (Å²) in [5.41, 5.74) is 5.52. The first-order chi connectivity index (χ1) is 8.04. The molecule has 0 aromatic carbocycles. The first-order valence-electron chi connectivity index (χ1n) is 5.59. The minimum absolute atomic E-state index is 0.490. The quantitative estimate of drug-likeness (QED) is 0.765. The number of rotatable bonds is 2. The van der Waals surface area contributed by atoms with Crippen LogP contribution in [-0.2, 0) is 5.88 Å². The fourth-order valence-corrected chi connectivity index (χ4v) is 1.99. The van der Waals surface area contributed by atoms with Crippen molar-refractivity contribution in [3.05, 3.63) is 40.3 Å². The Hall–Kier alpha value is -1.35. The lowest BCUT2D eigenvalue weighted by molar-refractivity contribution is 0.797. The van der Waals surface area contributed by atoms with Crippen molar-refractivity contribution < 1.29 is 0 Å². The Kier molecular flexibility index (Phi) is 3.20. The number of alkyl halides is 1. The highest BCUT2D eigenvalue weighted by molar-refractivity contribution is 6.17. The molecule has 0 atom stereocenters. The molecule has 0 spiro atoms. The van der Waals surface area contributed by atoms with Crippen LogP contribution in [0.5, 0.6) is 0 Å². The van der Waals surface area contributed by atoms with Crippen LogP contribution in [0.15, 0.2) is 12.3 Å². The largest absolute Gasteiger partial charge is 0.237 e. The first-order valence-corrected chi connectivity index (χ1v) is 6.12. The van der Waals surface area contributed by atoms with Gasteiger partial charge in [-0.15, -0.1) is 11.6 Å². The number of aryl methyl sites for hydroxylation is 2. The van der Waals surface area contributed by atoms with E-state index in [-0.39, 0.29) is 0 Å². The van der Waals surface area contributed by atoms with E-state index in [0.29, 0.717) is 5.88 Å². The van der Waals surface area contributed by atoms with Crippen molar-refractivity contribution in [2.24, 2.45) is 0 Å². The summed E-state index contributed by atoms with van der Waals surface area (Å²) in [4.78, 5) is 4.45. The molecule has 0 fully saturated rings. The Bertz CT molecular complexity index is 558. The molecule has 0 aliphatic heterocycles. The molecule has 0 unspecified atom stereocenters. The van der Waals surface area contributed by atoms with Crippen LogP contribution in [0.3, 0.4) is 0 Å². The lowest BCUT2D eigenvalue weighted by atomic mass is 10.2. The zero-order valence-electron chi connectivity index (χ0n) is 10.6. The maximum Gasteiger partial charge on any atom is 0.156 e. The third kappa shape index (κ3) is 2.07. The van der Waals surface area contributed by atoms with Crippen LogP contribution in [-0.4, -0.2) is 14.8 Å². The molecule has 2 aromatic heterocycles. The second-order valence-electron chi connectivity index (χ2n) is 4.33. The summed E-state index contributed by atoms with van der Waals surface area (Å²) in [5, 5.41) is 4.52. The molecule has 0 bridgehead atoms. The van der Waals surface area contributed by atoms with E-state index in [1.54, 1.807) is 6.20 Å². The van der Waals surface area contributed by atoms with Crippen LogP contribution in [0, 0.1) is 27.7 Å². The minimum Gasteiger partial charge on any atom is -0.237 e. The molecule has 0 saturated heterocycles. The number of pyridine rings is 1. The molecular weight excluding hydrogens is 234 g/mol. The van der Waals surface area contributed by atoms with Gasteiger partial charge in [0, 0.05) is 17.8 Å². The van der Waals surface area contributed by atoms with Crippen molar-refractivity contribution in [3.8, 4) is 5.82 Å². The molecule has 0 N–H and O–H groups in total. The predicted octanol–water partition coefficient (Wildman–Crippen LogP) is 3.24. The molecule has 0 radical (unpaired) electrons. The fraction of sp³-hybridized carbons (Fsp3) is 0.385. The van der Waals surface area contributed by atoms with Crippen LogP contribution in [0.25, 0.3) is 5.82 Å². The van der Waals surface area contributed by atoms with Crippen LogP contribution in [0.4, 0.5) is 0 Å². The number of nitrogens with zero attached hydrogens (tertiary/aromatic N) is 3. The van der Waals surface area contributed by atoms with Gasteiger partial charge in [0.2, 0.25) is 0 Å². The van der Waals surface area contributed by atoms with Gasteiger partial charge in [-0.1, -0.05) is 0 Å². The summed E-state index contributed by atoms with van der Waals surface area (Å²) >= 11 is 5.80. The third-order valence-electron chi connectivity index (χ3n) is 3.12. The van der Waals surface area contributed by atoms with E-state index < -0.39 is 0 Å². The van der Waals surface area contributed by atoms with Gasteiger partial charge in [0.25, 0.3) is 0 Å². The molecule has 90 valence electrons. The highest BCUT2D eigenvalue weighted by Gasteiger charge is 2.12.